The molecule has 4 nitrogen and oxygen atoms in total. The molecule has 0 amide bonds. The summed E-state index contributed by atoms with van der Waals surface area (Å²) in [4.78, 5) is 4.60. The molecule has 2 aromatic rings. The van der Waals surface area contributed by atoms with Crippen LogP contribution in [0.25, 0.3) is 0 Å². The van der Waals surface area contributed by atoms with Gasteiger partial charge in [-0.05, 0) is 30.4 Å². The standard InChI is InChI=1S/C12H13ClN4S2/c13-9-2-1-3-10(8-9)16-4-6-17(7-5-16)11-14-15-12(18)19-11/h1-3,8H,4-7H2,(H,15,18). The molecule has 0 aliphatic carbocycles. The van der Waals surface area contributed by atoms with Gasteiger partial charge in [0.1, 0.15) is 0 Å². The molecule has 1 aromatic carbocycles. The normalized spacial score (nSPS) is 15.8. The second-order valence-electron chi connectivity index (χ2n) is 4.35. The molecule has 1 aliphatic rings. The van der Waals surface area contributed by atoms with Crippen molar-refractivity contribution in [3.63, 3.8) is 0 Å². The van der Waals surface area contributed by atoms with Crippen molar-refractivity contribution in [2.45, 2.75) is 0 Å². The fraction of sp³-hybridized carbons (Fsp3) is 0.333. The van der Waals surface area contributed by atoms with E-state index in [9.17, 15) is 0 Å². The lowest BCUT2D eigenvalue weighted by Gasteiger charge is -2.35. The summed E-state index contributed by atoms with van der Waals surface area (Å²) in [6, 6.07) is 8.00. The van der Waals surface area contributed by atoms with Crippen LogP contribution in [0.2, 0.25) is 5.02 Å². The minimum atomic E-state index is 0.729. The van der Waals surface area contributed by atoms with E-state index in [0.29, 0.717) is 0 Å². The number of benzene rings is 1. The summed E-state index contributed by atoms with van der Waals surface area (Å²) in [7, 11) is 0. The fourth-order valence-electron chi connectivity index (χ4n) is 2.19. The second-order valence-corrected chi connectivity index (χ2v) is 6.43. The number of rotatable bonds is 2. The van der Waals surface area contributed by atoms with Gasteiger partial charge in [-0.2, -0.15) is 0 Å². The summed E-state index contributed by atoms with van der Waals surface area (Å²) in [6.07, 6.45) is 0. The maximum Gasteiger partial charge on any atom is 0.207 e. The molecule has 7 heteroatoms. The maximum atomic E-state index is 6.03. The molecular formula is C12H13ClN4S2. The molecule has 1 aromatic heterocycles. The van der Waals surface area contributed by atoms with Crippen LogP contribution in [-0.2, 0) is 0 Å². The number of anilines is 2. The van der Waals surface area contributed by atoms with Crippen molar-refractivity contribution < 1.29 is 0 Å². The number of hydrogen-bond acceptors (Lipinski definition) is 5. The molecule has 3 rings (SSSR count). The van der Waals surface area contributed by atoms with Crippen molar-refractivity contribution in [3.05, 3.63) is 33.2 Å². The molecule has 1 fully saturated rings. The lowest BCUT2D eigenvalue weighted by Crippen LogP contribution is -2.46. The third-order valence-corrected chi connectivity index (χ3v) is 4.54. The molecule has 2 heterocycles. The van der Waals surface area contributed by atoms with Crippen LogP contribution in [0.15, 0.2) is 24.3 Å². The van der Waals surface area contributed by atoms with E-state index < -0.39 is 0 Å². The van der Waals surface area contributed by atoms with Crippen LogP contribution in [0.5, 0.6) is 0 Å². The number of H-pyrrole nitrogens is 1. The van der Waals surface area contributed by atoms with Crippen LogP contribution < -0.4 is 9.80 Å². The maximum absolute atomic E-state index is 6.03. The van der Waals surface area contributed by atoms with Gasteiger partial charge in [0.2, 0.25) is 5.13 Å². The number of nitrogens with one attached hydrogen (secondary N) is 1. The highest BCUT2D eigenvalue weighted by atomic mass is 35.5. The highest BCUT2D eigenvalue weighted by Gasteiger charge is 2.19. The Hall–Kier alpha value is -1.11. The van der Waals surface area contributed by atoms with E-state index in [0.717, 1.165) is 40.3 Å². The second kappa shape index (κ2) is 5.48. The van der Waals surface area contributed by atoms with Crippen molar-refractivity contribution in [1.82, 2.24) is 10.2 Å². The molecule has 0 saturated carbocycles. The Labute approximate surface area is 125 Å². The van der Waals surface area contributed by atoms with Crippen LogP contribution in [-0.4, -0.2) is 36.4 Å². The van der Waals surface area contributed by atoms with Gasteiger partial charge in [0.15, 0.2) is 3.95 Å². The Morgan fingerprint density at radius 2 is 1.95 bits per heavy atom. The highest BCUT2D eigenvalue weighted by Crippen LogP contribution is 2.23. The van der Waals surface area contributed by atoms with E-state index in [4.69, 9.17) is 23.8 Å². The van der Waals surface area contributed by atoms with Gasteiger partial charge < -0.3 is 9.80 Å². The zero-order valence-corrected chi connectivity index (χ0v) is 12.6. The third kappa shape index (κ3) is 2.91. The molecule has 0 unspecified atom stereocenters. The Morgan fingerprint density at radius 1 is 1.21 bits per heavy atom. The van der Waals surface area contributed by atoms with E-state index in [1.807, 2.05) is 18.2 Å². The third-order valence-electron chi connectivity index (χ3n) is 3.15. The molecule has 1 N–H and O–H groups in total. The molecule has 0 atom stereocenters. The highest BCUT2D eigenvalue weighted by molar-refractivity contribution is 7.73. The molecule has 0 bridgehead atoms. The van der Waals surface area contributed by atoms with Crippen LogP contribution in [0.1, 0.15) is 0 Å². The van der Waals surface area contributed by atoms with Crippen LogP contribution in [0.4, 0.5) is 10.8 Å². The smallest absolute Gasteiger partial charge is 0.207 e. The molecule has 100 valence electrons. The predicted octanol–water partition coefficient (Wildman–Crippen LogP) is 3.18. The van der Waals surface area contributed by atoms with Gasteiger partial charge in [-0.1, -0.05) is 29.0 Å². The Balaban J connectivity index is 1.68. The molecule has 1 aliphatic heterocycles. The number of halogens is 1. The largest absolute Gasteiger partial charge is 0.368 e. The lowest BCUT2D eigenvalue weighted by atomic mass is 10.2. The van der Waals surface area contributed by atoms with Gasteiger partial charge >= 0.3 is 0 Å². The van der Waals surface area contributed by atoms with E-state index >= 15 is 0 Å². The summed E-state index contributed by atoms with van der Waals surface area (Å²) in [5, 5.41) is 8.82. The minimum absolute atomic E-state index is 0.729. The Kier molecular flexibility index (Phi) is 3.72. The Bertz CT molecular complexity index is 616. The van der Waals surface area contributed by atoms with Crippen molar-refractivity contribution in [2.75, 3.05) is 36.0 Å². The number of aromatic amines is 1. The SMILES string of the molecule is S=c1[nH]nc(N2CCN(c3cccc(Cl)c3)CC2)s1. The van der Waals surface area contributed by atoms with Crippen molar-refractivity contribution >= 4 is 46.0 Å². The molecule has 19 heavy (non-hydrogen) atoms. The van der Waals surface area contributed by atoms with Crippen molar-refractivity contribution in [2.24, 2.45) is 0 Å². The summed E-state index contributed by atoms with van der Waals surface area (Å²) in [5.41, 5.74) is 1.18. The first-order valence-corrected chi connectivity index (χ1v) is 7.63. The molecule has 0 spiro atoms. The van der Waals surface area contributed by atoms with Crippen LogP contribution in [0.3, 0.4) is 0 Å². The topological polar surface area (TPSA) is 35.2 Å². The van der Waals surface area contributed by atoms with E-state index in [1.54, 1.807) is 0 Å². The van der Waals surface area contributed by atoms with E-state index in [-0.39, 0.29) is 0 Å². The van der Waals surface area contributed by atoms with Gasteiger partial charge in [-0.25, -0.2) is 0 Å². The minimum Gasteiger partial charge on any atom is -0.368 e. The van der Waals surface area contributed by atoms with Gasteiger partial charge in [0.05, 0.1) is 0 Å². The first-order chi connectivity index (χ1) is 9.22. The summed E-state index contributed by atoms with van der Waals surface area (Å²) >= 11 is 12.6. The number of hydrogen-bond donors (Lipinski definition) is 1. The summed E-state index contributed by atoms with van der Waals surface area (Å²) < 4.78 is 0.729. The van der Waals surface area contributed by atoms with Gasteiger partial charge in [0.25, 0.3) is 0 Å². The lowest BCUT2D eigenvalue weighted by molar-refractivity contribution is 0.649. The first kappa shape index (κ1) is 12.9. The van der Waals surface area contributed by atoms with Crippen molar-refractivity contribution in [1.29, 1.82) is 0 Å². The Morgan fingerprint density at radius 3 is 2.58 bits per heavy atom. The van der Waals surface area contributed by atoms with Gasteiger partial charge in [-0.15, -0.1) is 5.10 Å². The number of piperazine rings is 1. The molecule has 0 radical (unpaired) electrons. The fourth-order valence-corrected chi connectivity index (χ4v) is 3.30. The summed E-state index contributed by atoms with van der Waals surface area (Å²) in [5.74, 6) is 0. The van der Waals surface area contributed by atoms with E-state index in [2.05, 4.69) is 26.1 Å². The first-order valence-electron chi connectivity index (χ1n) is 6.03. The monoisotopic (exact) mass is 312 g/mol. The molecule has 1 saturated heterocycles. The van der Waals surface area contributed by atoms with Gasteiger partial charge in [0, 0.05) is 36.9 Å². The van der Waals surface area contributed by atoms with E-state index in [1.165, 1.54) is 17.0 Å². The average molecular weight is 313 g/mol. The van der Waals surface area contributed by atoms with Crippen LogP contribution in [0, 0.1) is 3.95 Å². The van der Waals surface area contributed by atoms with Crippen LogP contribution >= 0.6 is 35.2 Å². The van der Waals surface area contributed by atoms with Gasteiger partial charge in [-0.3, -0.25) is 5.10 Å². The quantitative estimate of drug-likeness (QED) is 0.864. The summed E-state index contributed by atoms with van der Waals surface area (Å²) in [6.45, 7) is 3.82. The zero-order chi connectivity index (χ0) is 13.2. The zero-order valence-electron chi connectivity index (χ0n) is 10.2. The number of nitrogens with zero attached hydrogens (tertiary/aromatic N) is 3. The predicted molar refractivity (Wildman–Crippen MR) is 83.2 cm³/mol. The average Bonchev–Trinajstić information content (AvgIpc) is 2.86. The number of aromatic nitrogens is 2. The van der Waals surface area contributed by atoms with Crippen molar-refractivity contribution in [3.8, 4) is 0 Å². The molecular weight excluding hydrogens is 300 g/mol.